The summed E-state index contributed by atoms with van der Waals surface area (Å²) in [7, 11) is 2.64. The van der Waals surface area contributed by atoms with E-state index in [0.29, 0.717) is 0 Å². The second-order valence-electron chi connectivity index (χ2n) is 3.83. The molecule has 3 nitrogen and oxygen atoms in total. The summed E-state index contributed by atoms with van der Waals surface area (Å²) in [5.41, 5.74) is 0. The van der Waals surface area contributed by atoms with Crippen LogP contribution in [0, 0.1) is 0 Å². The topological polar surface area (TPSA) is 35.8 Å². The van der Waals surface area contributed by atoms with Crippen molar-refractivity contribution >= 4 is 15.0 Å². The molecule has 0 bridgehead atoms. The van der Waals surface area contributed by atoms with Gasteiger partial charge in [0.15, 0.2) is 0 Å². The van der Waals surface area contributed by atoms with E-state index < -0.39 is 14.0 Å². The molecule has 1 unspecified atom stereocenters. The first-order valence-corrected chi connectivity index (χ1v) is 7.09. The van der Waals surface area contributed by atoms with Crippen molar-refractivity contribution in [1.29, 1.82) is 0 Å². The number of rotatable bonds is 5. The molecule has 0 radical (unpaired) electrons. The Labute approximate surface area is 83.1 Å². The minimum absolute atomic E-state index is 0.645. The van der Waals surface area contributed by atoms with Crippen LogP contribution in [-0.4, -0.2) is 44.4 Å². The SMILES string of the molecule is CC[SiH](CC)C(C)(O)C=NN(C)C. The van der Waals surface area contributed by atoms with Crippen LogP contribution in [0.15, 0.2) is 5.10 Å². The van der Waals surface area contributed by atoms with Crippen LogP contribution >= 0.6 is 0 Å². The molecule has 0 aliphatic heterocycles. The van der Waals surface area contributed by atoms with Gasteiger partial charge in [-0.05, 0) is 6.92 Å². The van der Waals surface area contributed by atoms with E-state index in [1.165, 1.54) is 0 Å². The van der Waals surface area contributed by atoms with E-state index in [9.17, 15) is 5.11 Å². The lowest BCUT2D eigenvalue weighted by atomic mass is 10.4. The maximum absolute atomic E-state index is 10.1. The Morgan fingerprint density at radius 2 is 1.85 bits per heavy atom. The summed E-state index contributed by atoms with van der Waals surface area (Å²) in [5, 5.41) is 15.3. The second kappa shape index (κ2) is 5.39. The number of aliphatic hydroxyl groups is 1. The number of hydrogen-bond donors (Lipinski definition) is 1. The molecule has 0 aliphatic rings. The van der Waals surface area contributed by atoms with Gasteiger partial charge in [-0.25, -0.2) is 0 Å². The lowest BCUT2D eigenvalue weighted by Crippen LogP contribution is -2.44. The smallest absolute Gasteiger partial charge is 0.0846 e. The Balaban J connectivity index is 4.35. The molecule has 0 aliphatic carbocycles. The van der Waals surface area contributed by atoms with Gasteiger partial charge in [0.25, 0.3) is 0 Å². The Morgan fingerprint density at radius 3 is 2.15 bits per heavy atom. The van der Waals surface area contributed by atoms with Crippen molar-refractivity contribution in [3.8, 4) is 0 Å². The summed E-state index contributed by atoms with van der Waals surface area (Å²) in [5.74, 6) is 0. The molecule has 0 fully saturated rings. The highest BCUT2D eigenvalue weighted by Crippen LogP contribution is 2.13. The number of nitrogens with zero attached hydrogens (tertiary/aromatic N) is 2. The third-order valence-corrected chi connectivity index (χ3v) is 6.14. The van der Waals surface area contributed by atoms with Crippen LogP contribution in [0.25, 0.3) is 0 Å². The van der Waals surface area contributed by atoms with Crippen LogP contribution in [0.2, 0.25) is 12.1 Å². The largest absolute Gasteiger partial charge is 0.388 e. The summed E-state index contributed by atoms with van der Waals surface area (Å²) in [6, 6.07) is 2.23. The zero-order valence-corrected chi connectivity index (χ0v) is 10.6. The predicted octanol–water partition coefficient (Wildman–Crippen LogP) is 1.09. The predicted molar refractivity (Wildman–Crippen MR) is 60.9 cm³/mol. The molecule has 0 rings (SSSR count). The standard InChI is InChI=1S/C9H22N2OSi/c1-6-13(7-2)9(3,12)8-10-11(4)5/h8,12-13H,6-7H2,1-5H3. The van der Waals surface area contributed by atoms with Crippen LogP contribution in [0.4, 0.5) is 0 Å². The molecule has 0 aromatic heterocycles. The summed E-state index contributed by atoms with van der Waals surface area (Å²) < 4.78 is 0. The van der Waals surface area contributed by atoms with Crippen molar-refractivity contribution in [3.05, 3.63) is 0 Å². The van der Waals surface area contributed by atoms with Gasteiger partial charge in [0.1, 0.15) is 0 Å². The Hall–Kier alpha value is -0.353. The quantitative estimate of drug-likeness (QED) is 0.411. The fourth-order valence-electron chi connectivity index (χ4n) is 1.45. The summed E-state index contributed by atoms with van der Waals surface area (Å²) >= 11 is 0. The van der Waals surface area contributed by atoms with Crippen molar-refractivity contribution < 1.29 is 5.11 Å². The minimum Gasteiger partial charge on any atom is -0.388 e. The minimum atomic E-state index is -1.08. The highest BCUT2D eigenvalue weighted by molar-refractivity contribution is 6.65. The third kappa shape index (κ3) is 4.43. The van der Waals surface area contributed by atoms with E-state index >= 15 is 0 Å². The molecule has 13 heavy (non-hydrogen) atoms. The first kappa shape index (κ1) is 12.6. The van der Waals surface area contributed by atoms with Gasteiger partial charge in [-0.15, -0.1) is 0 Å². The average Bonchev–Trinajstić information content (AvgIpc) is 2.03. The molecule has 0 saturated heterocycles. The molecular formula is C9H22N2OSi. The molecule has 0 aromatic rings. The van der Waals surface area contributed by atoms with E-state index in [-0.39, 0.29) is 0 Å². The Morgan fingerprint density at radius 1 is 1.38 bits per heavy atom. The van der Waals surface area contributed by atoms with E-state index in [1.807, 2.05) is 21.0 Å². The van der Waals surface area contributed by atoms with Gasteiger partial charge in [-0.2, -0.15) is 5.10 Å². The van der Waals surface area contributed by atoms with Gasteiger partial charge in [-0.3, -0.25) is 0 Å². The van der Waals surface area contributed by atoms with E-state index in [4.69, 9.17) is 0 Å². The van der Waals surface area contributed by atoms with E-state index in [1.54, 1.807) is 11.2 Å². The van der Waals surface area contributed by atoms with Gasteiger partial charge in [0, 0.05) is 14.1 Å². The molecular weight excluding hydrogens is 180 g/mol. The highest BCUT2D eigenvalue weighted by Gasteiger charge is 2.28. The highest BCUT2D eigenvalue weighted by atomic mass is 28.3. The van der Waals surface area contributed by atoms with Crippen LogP contribution in [0.3, 0.4) is 0 Å². The molecule has 0 heterocycles. The van der Waals surface area contributed by atoms with Gasteiger partial charge < -0.3 is 10.1 Å². The maximum Gasteiger partial charge on any atom is 0.0846 e. The fourth-order valence-corrected chi connectivity index (χ4v) is 3.96. The summed E-state index contributed by atoms with van der Waals surface area (Å²) in [6.07, 6.45) is 1.69. The molecule has 78 valence electrons. The number of hydrazone groups is 1. The van der Waals surface area contributed by atoms with Gasteiger partial charge in [0.05, 0.1) is 20.2 Å². The number of hydrogen-bond acceptors (Lipinski definition) is 3. The molecule has 1 N–H and O–H groups in total. The maximum atomic E-state index is 10.1. The second-order valence-corrected chi connectivity index (χ2v) is 8.03. The first-order chi connectivity index (χ1) is 5.94. The van der Waals surface area contributed by atoms with E-state index in [0.717, 1.165) is 12.1 Å². The molecule has 4 heteroatoms. The Kier molecular flexibility index (Phi) is 5.25. The van der Waals surface area contributed by atoms with Crippen molar-refractivity contribution in [2.45, 2.75) is 38.1 Å². The first-order valence-electron chi connectivity index (χ1n) is 4.88. The summed E-state index contributed by atoms with van der Waals surface area (Å²) in [4.78, 5) is 0. The molecule has 0 spiro atoms. The lowest BCUT2D eigenvalue weighted by molar-refractivity contribution is 0.212. The lowest BCUT2D eigenvalue weighted by Gasteiger charge is -2.26. The van der Waals surface area contributed by atoms with Crippen LogP contribution in [0.5, 0.6) is 0 Å². The van der Waals surface area contributed by atoms with E-state index in [2.05, 4.69) is 18.9 Å². The van der Waals surface area contributed by atoms with Crippen LogP contribution in [0.1, 0.15) is 20.8 Å². The Bertz CT molecular complexity index is 165. The monoisotopic (exact) mass is 202 g/mol. The third-order valence-electron chi connectivity index (χ3n) is 2.36. The van der Waals surface area contributed by atoms with Crippen molar-refractivity contribution in [1.82, 2.24) is 5.01 Å². The summed E-state index contributed by atoms with van der Waals surface area (Å²) in [6.45, 7) is 6.18. The van der Waals surface area contributed by atoms with Crippen LogP contribution in [-0.2, 0) is 0 Å². The van der Waals surface area contributed by atoms with Crippen molar-refractivity contribution in [2.75, 3.05) is 14.1 Å². The van der Waals surface area contributed by atoms with Crippen molar-refractivity contribution in [3.63, 3.8) is 0 Å². The average molecular weight is 202 g/mol. The van der Waals surface area contributed by atoms with Crippen molar-refractivity contribution in [2.24, 2.45) is 5.10 Å². The zero-order chi connectivity index (χ0) is 10.5. The molecule has 0 amide bonds. The molecule has 1 atom stereocenters. The fraction of sp³-hybridized carbons (Fsp3) is 0.889. The molecule has 0 saturated carbocycles. The van der Waals surface area contributed by atoms with Gasteiger partial charge >= 0.3 is 0 Å². The van der Waals surface area contributed by atoms with Crippen LogP contribution < -0.4 is 0 Å². The van der Waals surface area contributed by atoms with Gasteiger partial charge in [-0.1, -0.05) is 25.9 Å². The zero-order valence-electron chi connectivity index (χ0n) is 9.41. The normalized spacial score (nSPS) is 16.5. The molecule has 0 aromatic carbocycles. The van der Waals surface area contributed by atoms with Gasteiger partial charge in [0.2, 0.25) is 0 Å².